The average Bonchev–Trinajstić information content (AvgIpc) is 2.06. The number of urea groups is 1. The van der Waals surface area contributed by atoms with Gasteiger partial charge in [0.05, 0.1) is 16.4 Å². The molecule has 1 aromatic rings. The first-order valence-corrected chi connectivity index (χ1v) is 5.57. The molecular weight excluding hydrogens is 272 g/mol. The molecule has 2 amide bonds. The predicted octanol–water partition coefficient (Wildman–Crippen LogP) is 2.35. The maximum Gasteiger partial charge on any atom is 0.320 e. The minimum atomic E-state index is -0.300. The van der Waals surface area contributed by atoms with Crippen molar-refractivity contribution in [2.24, 2.45) is 0 Å². The molecule has 0 aromatic carbocycles. The fraction of sp³-hybridized carbons (Fsp3) is 0.400. The van der Waals surface area contributed by atoms with Gasteiger partial charge in [0.2, 0.25) is 0 Å². The van der Waals surface area contributed by atoms with Crippen LogP contribution in [0.15, 0.2) is 16.7 Å². The number of pyridine rings is 1. The number of nitrogens with two attached hydrogens (primary N) is 1. The fourth-order valence-electron chi connectivity index (χ4n) is 1.02. The number of anilines is 2. The number of rotatable bonds is 1. The monoisotopic (exact) mass is 286 g/mol. The molecular formula is C10H15BrN4O. The van der Waals surface area contributed by atoms with Crippen molar-refractivity contribution in [2.75, 3.05) is 11.1 Å². The number of hydrogen-bond donors (Lipinski definition) is 3. The van der Waals surface area contributed by atoms with Gasteiger partial charge in [-0.15, -0.1) is 0 Å². The van der Waals surface area contributed by atoms with Crippen LogP contribution in [0.3, 0.4) is 0 Å². The van der Waals surface area contributed by atoms with Crippen LogP contribution in [0.4, 0.5) is 16.3 Å². The van der Waals surface area contributed by atoms with Crippen molar-refractivity contribution in [3.8, 4) is 0 Å². The van der Waals surface area contributed by atoms with Gasteiger partial charge in [-0.05, 0) is 42.8 Å². The molecule has 0 radical (unpaired) electrons. The highest BCUT2D eigenvalue weighted by Crippen LogP contribution is 2.21. The Labute approximate surface area is 103 Å². The summed E-state index contributed by atoms with van der Waals surface area (Å²) in [7, 11) is 0. The van der Waals surface area contributed by atoms with Crippen LogP contribution in [-0.4, -0.2) is 16.6 Å². The zero-order chi connectivity index (χ0) is 12.3. The summed E-state index contributed by atoms with van der Waals surface area (Å²) in [5, 5.41) is 5.40. The summed E-state index contributed by atoms with van der Waals surface area (Å²) in [6, 6.07) is 1.38. The molecule has 16 heavy (non-hydrogen) atoms. The van der Waals surface area contributed by atoms with Gasteiger partial charge in [0.1, 0.15) is 5.82 Å². The third-order valence-electron chi connectivity index (χ3n) is 1.58. The molecule has 0 spiro atoms. The van der Waals surface area contributed by atoms with Crippen LogP contribution in [0.25, 0.3) is 0 Å². The summed E-state index contributed by atoms with van der Waals surface area (Å²) in [5.41, 5.74) is 5.79. The first-order valence-electron chi connectivity index (χ1n) is 4.78. The van der Waals surface area contributed by atoms with Crippen LogP contribution < -0.4 is 16.4 Å². The van der Waals surface area contributed by atoms with Crippen molar-refractivity contribution >= 4 is 33.5 Å². The van der Waals surface area contributed by atoms with E-state index in [1.54, 1.807) is 6.07 Å². The lowest BCUT2D eigenvalue weighted by Gasteiger charge is -2.20. The molecule has 0 saturated heterocycles. The van der Waals surface area contributed by atoms with Crippen molar-refractivity contribution in [1.29, 1.82) is 0 Å². The Kier molecular flexibility index (Phi) is 3.74. The topological polar surface area (TPSA) is 80.0 Å². The molecule has 1 rings (SSSR count). The highest BCUT2D eigenvalue weighted by molar-refractivity contribution is 9.10. The first kappa shape index (κ1) is 12.8. The standard InChI is InChI=1S/C10H15BrN4O/c1-10(2,3)15-9(16)14-8-7(11)4-6(12)5-13-8/h4-5H,12H2,1-3H3,(H2,13,14,15,16). The molecule has 88 valence electrons. The number of nitrogens with one attached hydrogen (secondary N) is 2. The van der Waals surface area contributed by atoms with Gasteiger partial charge >= 0.3 is 6.03 Å². The molecule has 0 saturated carbocycles. The maximum atomic E-state index is 11.6. The Hall–Kier alpha value is -1.30. The fourth-order valence-corrected chi connectivity index (χ4v) is 1.49. The van der Waals surface area contributed by atoms with Crippen molar-refractivity contribution in [3.63, 3.8) is 0 Å². The van der Waals surface area contributed by atoms with Crippen LogP contribution in [0.1, 0.15) is 20.8 Å². The number of halogens is 1. The minimum Gasteiger partial charge on any atom is -0.397 e. The number of amides is 2. The summed E-state index contributed by atoms with van der Waals surface area (Å²) in [4.78, 5) is 15.6. The van der Waals surface area contributed by atoms with Crippen LogP contribution >= 0.6 is 15.9 Å². The zero-order valence-electron chi connectivity index (χ0n) is 9.47. The average molecular weight is 287 g/mol. The van der Waals surface area contributed by atoms with E-state index in [1.165, 1.54) is 6.20 Å². The highest BCUT2D eigenvalue weighted by atomic mass is 79.9. The third kappa shape index (κ3) is 4.06. The summed E-state index contributed by atoms with van der Waals surface area (Å²) in [5.74, 6) is 0.441. The van der Waals surface area contributed by atoms with Crippen molar-refractivity contribution in [1.82, 2.24) is 10.3 Å². The summed E-state index contributed by atoms with van der Waals surface area (Å²) in [6.45, 7) is 5.70. The number of carbonyl (C=O) groups excluding carboxylic acids is 1. The Balaban J connectivity index is 2.70. The predicted molar refractivity (Wildman–Crippen MR) is 68.3 cm³/mol. The molecule has 0 aliphatic rings. The van der Waals surface area contributed by atoms with E-state index in [0.29, 0.717) is 16.0 Å². The summed E-state index contributed by atoms with van der Waals surface area (Å²) >= 11 is 3.27. The zero-order valence-corrected chi connectivity index (χ0v) is 11.1. The van der Waals surface area contributed by atoms with E-state index in [4.69, 9.17) is 5.73 Å². The second-order valence-electron chi connectivity index (χ2n) is 4.43. The van der Waals surface area contributed by atoms with E-state index in [1.807, 2.05) is 20.8 Å². The Bertz CT molecular complexity index is 400. The third-order valence-corrected chi connectivity index (χ3v) is 2.19. The number of aromatic nitrogens is 1. The quantitative estimate of drug-likeness (QED) is 0.741. The summed E-state index contributed by atoms with van der Waals surface area (Å²) < 4.78 is 0.650. The number of hydrogen-bond acceptors (Lipinski definition) is 3. The summed E-state index contributed by atoms with van der Waals surface area (Å²) in [6.07, 6.45) is 1.48. The maximum absolute atomic E-state index is 11.6. The van der Waals surface area contributed by atoms with Gasteiger partial charge in [-0.25, -0.2) is 9.78 Å². The highest BCUT2D eigenvalue weighted by Gasteiger charge is 2.14. The molecule has 5 nitrogen and oxygen atoms in total. The van der Waals surface area contributed by atoms with E-state index >= 15 is 0 Å². The largest absolute Gasteiger partial charge is 0.397 e. The molecule has 0 aliphatic heterocycles. The van der Waals surface area contributed by atoms with Gasteiger partial charge in [-0.1, -0.05) is 0 Å². The molecule has 0 atom stereocenters. The molecule has 6 heteroatoms. The second kappa shape index (κ2) is 4.69. The smallest absolute Gasteiger partial charge is 0.320 e. The van der Waals surface area contributed by atoms with E-state index in [-0.39, 0.29) is 11.6 Å². The van der Waals surface area contributed by atoms with E-state index in [2.05, 4.69) is 31.5 Å². The first-order chi connectivity index (χ1) is 7.28. The second-order valence-corrected chi connectivity index (χ2v) is 5.28. The molecule has 4 N–H and O–H groups in total. The van der Waals surface area contributed by atoms with Crippen LogP contribution in [0, 0.1) is 0 Å². The molecule has 1 heterocycles. The molecule has 0 aliphatic carbocycles. The number of nitrogens with zero attached hydrogens (tertiary/aromatic N) is 1. The Morgan fingerprint density at radius 3 is 2.62 bits per heavy atom. The Morgan fingerprint density at radius 2 is 2.12 bits per heavy atom. The molecule has 0 bridgehead atoms. The van der Waals surface area contributed by atoms with E-state index < -0.39 is 0 Å². The molecule has 0 unspecified atom stereocenters. The molecule has 0 fully saturated rings. The van der Waals surface area contributed by atoms with Crippen LogP contribution in [0.2, 0.25) is 0 Å². The van der Waals surface area contributed by atoms with Gasteiger partial charge in [0.15, 0.2) is 0 Å². The van der Waals surface area contributed by atoms with Gasteiger partial charge in [0, 0.05) is 5.54 Å². The van der Waals surface area contributed by atoms with E-state index in [0.717, 1.165) is 0 Å². The van der Waals surface area contributed by atoms with Crippen molar-refractivity contribution in [3.05, 3.63) is 16.7 Å². The number of nitrogen functional groups attached to an aromatic ring is 1. The normalized spacial score (nSPS) is 11.0. The van der Waals surface area contributed by atoms with Crippen LogP contribution in [-0.2, 0) is 0 Å². The molecule has 1 aromatic heterocycles. The number of carbonyl (C=O) groups is 1. The SMILES string of the molecule is CC(C)(C)NC(=O)Nc1ncc(N)cc1Br. The van der Waals surface area contributed by atoms with Gasteiger partial charge in [0.25, 0.3) is 0 Å². The van der Waals surface area contributed by atoms with Gasteiger partial charge in [-0.3, -0.25) is 5.32 Å². The lowest BCUT2D eigenvalue weighted by molar-refractivity contribution is 0.243. The lowest BCUT2D eigenvalue weighted by Crippen LogP contribution is -2.43. The minimum absolute atomic E-state index is 0.287. The van der Waals surface area contributed by atoms with Crippen molar-refractivity contribution in [2.45, 2.75) is 26.3 Å². The Morgan fingerprint density at radius 1 is 1.50 bits per heavy atom. The van der Waals surface area contributed by atoms with Crippen LogP contribution in [0.5, 0.6) is 0 Å². The van der Waals surface area contributed by atoms with Crippen molar-refractivity contribution < 1.29 is 4.79 Å². The lowest BCUT2D eigenvalue weighted by atomic mass is 10.1. The van der Waals surface area contributed by atoms with E-state index in [9.17, 15) is 4.79 Å². The van der Waals surface area contributed by atoms with Gasteiger partial charge in [-0.2, -0.15) is 0 Å². The van der Waals surface area contributed by atoms with Gasteiger partial charge < -0.3 is 11.1 Å².